The number of para-hydroxylation sites is 1. The van der Waals surface area contributed by atoms with Gasteiger partial charge in [0.1, 0.15) is 16.7 Å². The average Bonchev–Trinajstić information content (AvgIpc) is 2.30. The van der Waals surface area contributed by atoms with Crippen LogP contribution in [-0.2, 0) is 6.42 Å². The van der Waals surface area contributed by atoms with Gasteiger partial charge < -0.3 is 4.74 Å². The quantitative estimate of drug-likeness (QED) is 0.766. The van der Waals surface area contributed by atoms with Crippen LogP contribution in [0.4, 0.5) is 0 Å². The van der Waals surface area contributed by atoms with Crippen molar-refractivity contribution in [2.24, 2.45) is 0 Å². The van der Waals surface area contributed by atoms with E-state index in [1.165, 1.54) is 0 Å². The Bertz CT molecular complexity index is 488. The van der Waals surface area contributed by atoms with Crippen molar-refractivity contribution in [3.05, 3.63) is 53.1 Å². The van der Waals surface area contributed by atoms with Gasteiger partial charge in [0, 0.05) is 18.2 Å². The van der Waals surface area contributed by atoms with E-state index in [4.69, 9.17) is 16.3 Å². The maximum Gasteiger partial charge on any atom is 0.134 e. The Labute approximate surface area is 99.1 Å². The third-order valence-corrected chi connectivity index (χ3v) is 2.42. The molecular weight excluding hydrogens is 224 g/mol. The molecule has 2 rings (SSSR count). The van der Waals surface area contributed by atoms with Gasteiger partial charge in [-0.15, -0.1) is 0 Å². The van der Waals surface area contributed by atoms with Gasteiger partial charge in [-0.1, -0.05) is 29.8 Å². The summed E-state index contributed by atoms with van der Waals surface area (Å²) in [4.78, 5) is 8.30. The molecule has 2 aromatic rings. The maximum absolute atomic E-state index is 5.80. The minimum atomic E-state index is 0.458. The molecular formula is C12H11ClN2O. The molecule has 0 atom stereocenters. The minimum Gasteiger partial charge on any atom is -0.496 e. The number of methoxy groups -OCH3 is 1. The Hall–Kier alpha value is -1.61. The molecule has 4 heteroatoms. The lowest BCUT2D eigenvalue weighted by Gasteiger charge is -2.06. The van der Waals surface area contributed by atoms with Crippen LogP contribution in [0, 0.1) is 0 Å². The third kappa shape index (κ3) is 2.49. The second-order valence-electron chi connectivity index (χ2n) is 3.28. The van der Waals surface area contributed by atoms with E-state index < -0.39 is 0 Å². The summed E-state index contributed by atoms with van der Waals surface area (Å²) in [6.45, 7) is 0. The molecule has 0 aliphatic carbocycles. The molecule has 0 aliphatic rings. The van der Waals surface area contributed by atoms with Crippen molar-refractivity contribution < 1.29 is 4.74 Å². The summed E-state index contributed by atoms with van der Waals surface area (Å²) >= 11 is 5.80. The third-order valence-electron chi connectivity index (χ3n) is 2.21. The highest BCUT2D eigenvalue weighted by Crippen LogP contribution is 2.19. The number of hydrogen-bond donors (Lipinski definition) is 0. The minimum absolute atomic E-state index is 0.458. The largest absolute Gasteiger partial charge is 0.496 e. The van der Waals surface area contributed by atoms with Crippen LogP contribution >= 0.6 is 11.6 Å². The van der Waals surface area contributed by atoms with Crippen molar-refractivity contribution in [3.8, 4) is 5.75 Å². The molecule has 0 amide bonds. The fraction of sp³-hybridized carbons (Fsp3) is 0.167. The van der Waals surface area contributed by atoms with Crippen LogP contribution in [0.2, 0.25) is 5.15 Å². The van der Waals surface area contributed by atoms with Crippen LogP contribution in [-0.4, -0.2) is 17.1 Å². The highest BCUT2D eigenvalue weighted by atomic mass is 35.5. The second kappa shape index (κ2) is 4.94. The van der Waals surface area contributed by atoms with Gasteiger partial charge in [-0.25, -0.2) is 9.97 Å². The summed E-state index contributed by atoms with van der Waals surface area (Å²) in [5.41, 5.74) is 1.05. The van der Waals surface area contributed by atoms with E-state index in [0.717, 1.165) is 11.3 Å². The molecule has 0 radical (unpaired) electrons. The lowest BCUT2D eigenvalue weighted by Crippen LogP contribution is -1.98. The van der Waals surface area contributed by atoms with Crippen molar-refractivity contribution in [2.45, 2.75) is 6.42 Å². The predicted octanol–water partition coefficient (Wildman–Crippen LogP) is 2.73. The Kier molecular flexibility index (Phi) is 3.37. The molecule has 0 saturated heterocycles. The van der Waals surface area contributed by atoms with Crippen LogP contribution < -0.4 is 4.74 Å². The summed E-state index contributed by atoms with van der Waals surface area (Å²) in [6, 6.07) is 9.46. The fourth-order valence-electron chi connectivity index (χ4n) is 1.48. The Morgan fingerprint density at radius 1 is 1.25 bits per heavy atom. The molecule has 0 saturated carbocycles. The Morgan fingerprint density at radius 2 is 2.06 bits per heavy atom. The van der Waals surface area contributed by atoms with Crippen molar-refractivity contribution in [1.29, 1.82) is 0 Å². The fourth-order valence-corrected chi connectivity index (χ4v) is 1.63. The monoisotopic (exact) mass is 234 g/mol. The molecule has 1 aromatic carbocycles. The van der Waals surface area contributed by atoms with E-state index in [-0.39, 0.29) is 0 Å². The van der Waals surface area contributed by atoms with E-state index in [1.54, 1.807) is 19.4 Å². The molecule has 0 spiro atoms. The highest BCUT2D eigenvalue weighted by Gasteiger charge is 2.05. The van der Waals surface area contributed by atoms with E-state index in [1.807, 2.05) is 24.3 Å². The molecule has 0 bridgehead atoms. The number of ether oxygens (including phenoxy) is 1. The summed E-state index contributed by atoms with van der Waals surface area (Å²) in [6.07, 6.45) is 2.27. The first-order valence-corrected chi connectivity index (χ1v) is 5.26. The smallest absolute Gasteiger partial charge is 0.134 e. The standard InChI is InChI=1S/C12H11ClN2O/c1-16-10-5-3-2-4-9(10)8-12-14-7-6-11(13)15-12/h2-7H,8H2,1H3. The van der Waals surface area contributed by atoms with Crippen molar-refractivity contribution in [1.82, 2.24) is 9.97 Å². The van der Waals surface area contributed by atoms with Gasteiger partial charge in [0.25, 0.3) is 0 Å². The SMILES string of the molecule is COc1ccccc1Cc1nccc(Cl)n1. The molecule has 0 fully saturated rings. The summed E-state index contributed by atoms with van der Waals surface area (Å²) in [7, 11) is 1.65. The molecule has 16 heavy (non-hydrogen) atoms. The zero-order valence-corrected chi connectivity index (χ0v) is 9.61. The number of hydrogen-bond acceptors (Lipinski definition) is 3. The van der Waals surface area contributed by atoms with Crippen LogP contribution in [0.5, 0.6) is 5.75 Å². The van der Waals surface area contributed by atoms with Gasteiger partial charge in [0.05, 0.1) is 7.11 Å². The summed E-state index contributed by atoms with van der Waals surface area (Å²) < 4.78 is 5.26. The molecule has 0 unspecified atom stereocenters. The number of rotatable bonds is 3. The lowest BCUT2D eigenvalue weighted by atomic mass is 10.1. The molecule has 1 aromatic heterocycles. The number of halogens is 1. The Balaban J connectivity index is 2.26. The second-order valence-corrected chi connectivity index (χ2v) is 3.67. The molecule has 3 nitrogen and oxygen atoms in total. The van der Waals surface area contributed by atoms with Crippen LogP contribution in [0.3, 0.4) is 0 Å². The van der Waals surface area contributed by atoms with Gasteiger partial charge in [-0.05, 0) is 12.1 Å². The average molecular weight is 235 g/mol. The first-order valence-electron chi connectivity index (χ1n) is 4.89. The zero-order valence-electron chi connectivity index (χ0n) is 8.85. The normalized spacial score (nSPS) is 10.1. The van der Waals surface area contributed by atoms with Crippen molar-refractivity contribution >= 4 is 11.6 Å². The molecule has 1 heterocycles. The van der Waals surface area contributed by atoms with Gasteiger partial charge in [-0.3, -0.25) is 0 Å². The molecule has 82 valence electrons. The van der Waals surface area contributed by atoms with Gasteiger partial charge >= 0.3 is 0 Å². The number of benzene rings is 1. The molecule has 0 N–H and O–H groups in total. The Morgan fingerprint density at radius 3 is 2.81 bits per heavy atom. The number of nitrogens with zero attached hydrogens (tertiary/aromatic N) is 2. The first kappa shape index (κ1) is 10.9. The topological polar surface area (TPSA) is 35.0 Å². The van der Waals surface area contributed by atoms with E-state index in [9.17, 15) is 0 Å². The van der Waals surface area contributed by atoms with Crippen molar-refractivity contribution in [3.63, 3.8) is 0 Å². The van der Waals surface area contributed by atoms with Crippen LogP contribution in [0.15, 0.2) is 36.5 Å². The van der Waals surface area contributed by atoms with Gasteiger partial charge in [0.2, 0.25) is 0 Å². The summed E-state index contributed by atoms with van der Waals surface area (Å²) in [5, 5.41) is 0.458. The summed E-state index contributed by atoms with van der Waals surface area (Å²) in [5.74, 6) is 1.53. The van der Waals surface area contributed by atoms with Gasteiger partial charge in [-0.2, -0.15) is 0 Å². The van der Waals surface area contributed by atoms with Crippen LogP contribution in [0.1, 0.15) is 11.4 Å². The molecule has 0 aliphatic heterocycles. The number of aromatic nitrogens is 2. The zero-order chi connectivity index (χ0) is 11.4. The first-order chi connectivity index (χ1) is 7.79. The highest BCUT2D eigenvalue weighted by molar-refractivity contribution is 6.29. The maximum atomic E-state index is 5.80. The lowest BCUT2D eigenvalue weighted by molar-refractivity contribution is 0.410. The van der Waals surface area contributed by atoms with E-state index in [2.05, 4.69) is 9.97 Å². The van der Waals surface area contributed by atoms with E-state index in [0.29, 0.717) is 17.4 Å². The van der Waals surface area contributed by atoms with E-state index >= 15 is 0 Å². The van der Waals surface area contributed by atoms with Gasteiger partial charge in [0.15, 0.2) is 0 Å². The van der Waals surface area contributed by atoms with Crippen LogP contribution in [0.25, 0.3) is 0 Å². The predicted molar refractivity (Wildman–Crippen MR) is 62.8 cm³/mol. The van der Waals surface area contributed by atoms with Crippen molar-refractivity contribution in [2.75, 3.05) is 7.11 Å².